The van der Waals surface area contributed by atoms with E-state index >= 15 is 0 Å². The smallest absolute Gasteiger partial charge is 0.143 e. The minimum atomic E-state index is 0. The summed E-state index contributed by atoms with van der Waals surface area (Å²) in [4.78, 5) is 0. The standard InChI is InChI=1S/C10H12N2O.Mn/c1-8-4-2-5-9(10(8)13)12-7-3-6-11-12;/h2,4-6,13H,3,7H2,1H3;. The van der Waals surface area contributed by atoms with Crippen LogP contribution in [0.4, 0.5) is 5.69 Å². The summed E-state index contributed by atoms with van der Waals surface area (Å²) in [5.74, 6) is 0.335. The summed E-state index contributed by atoms with van der Waals surface area (Å²) in [6.07, 6.45) is 2.81. The molecule has 1 radical (unpaired) electrons. The first-order valence-electron chi connectivity index (χ1n) is 4.37. The van der Waals surface area contributed by atoms with E-state index in [4.69, 9.17) is 0 Å². The molecule has 0 saturated heterocycles. The second-order valence-corrected chi connectivity index (χ2v) is 3.15. The van der Waals surface area contributed by atoms with Gasteiger partial charge in [-0.05, 0) is 18.6 Å². The average Bonchev–Trinajstić information content (AvgIpc) is 2.62. The van der Waals surface area contributed by atoms with Gasteiger partial charge in [-0.15, -0.1) is 0 Å². The van der Waals surface area contributed by atoms with Gasteiger partial charge in [0.05, 0.1) is 0 Å². The fourth-order valence-corrected chi connectivity index (χ4v) is 1.43. The molecule has 3 nitrogen and oxygen atoms in total. The molecule has 0 unspecified atom stereocenters. The molecule has 2 rings (SSSR count). The second-order valence-electron chi connectivity index (χ2n) is 3.15. The molecule has 0 bridgehead atoms. The minimum absolute atomic E-state index is 0. The molecule has 0 atom stereocenters. The number of aryl methyl sites for hydroxylation is 1. The van der Waals surface area contributed by atoms with Crippen LogP contribution in [0.25, 0.3) is 0 Å². The van der Waals surface area contributed by atoms with Gasteiger partial charge in [-0.1, -0.05) is 12.1 Å². The number of aromatic hydroxyl groups is 1. The Hall–Kier alpha value is -0.991. The maximum absolute atomic E-state index is 9.74. The summed E-state index contributed by atoms with van der Waals surface area (Å²) in [7, 11) is 0. The zero-order chi connectivity index (χ0) is 9.26. The molecule has 1 heterocycles. The maximum Gasteiger partial charge on any atom is 0.143 e. The number of para-hydroxylation sites is 1. The van der Waals surface area contributed by atoms with Gasteiger partial charge in [0.25, 0.3) is 0 Å². The van der Waals surface area contributed by atoms with Crippen molar-refractivity contribution in [1.29, 1.82) is 0 Å². The predicted molar refractivity (Wildman–Crippen MR) is 53.3 cm³/mol. The van der Waals surface area contributed by atoms with Crippen molar-refractivity contribution in [3.63, 3.8) is 0 Å². The van der Waals surface area contributed by atoms with Crippen LogP contribution in [0.15, 0.2) is 23.3 Å². The maximum atomic E-state index is 9.74. The Kier molecular flexibility index (Phi) is 3.55. The van der Waals surface area contributed by atoms with E-state index in [0.717, 1.165) is 24.2 Å². The Morgan fingerprint density at radius 2 is 2.21 bits per heavy atom. The van der Waals surface area contributed by atoms with Crippen LogP contribution in [0.1, 0.15) is 12.0 Å². The fraction of sp³-hybridized carbons (Fsp3) is 0.300. The molecule has 4 heteroatoms. The topological polar surface area (TPSA) is 35.8 Å². The van der Waals surface area contributed by atoms with E-state index in [2.05, 4.69) is 5.10 Å². The van der Waals surface area contributed by atoms with Crippen LogP contribution in [0, 0.1) is 6.92 Å². The van der Waals surface area contributed by atoms with Crippen LogP contribution in [0.3, 0.4) is 0 Å². The fourth-order valence-electron chi connectivity index (χ4n) is 1.43. The van der Waals surface area contributed by atoms with Gasteiger partial charge in [0.15, 0.2) is 0 Å². The summed E-state index contributed by atoms with van der Waals surface area (Å²) in [5, 5.41) is 15.7. The molecule has 1 aliphatic heterocycles. The SMILES string of the molecule is Cc1cccc(N2CCC=N2)c1O.[Mn]. The van der Waals surface area contributed by atoms with Crippen LogP contribution in [-0.2, 0) is 17.1 Å². The van der Waals surface area contributed by atoms with E-state index in [9.17, 15) is 5.11 Å². The molecule has 14 heavy (non-hydrogen) atoms. The Morgan fingerprint density at radius 3 is 2.86 bits per heavy atom. The van der Waals surface area contributed by atoms with Crippen LogP contribution in [-0.4, -0.2) is 17.9 Å². The first-order chi connectivity index (χ1) is 6.29. The van der Waals surface area contributed by atoms with E-state index < -0.39 is 0 Å². The molecule has 1 N–H and O–H groups in total. The van der Waals surface area contributed by atoms with Crippen molar-refractivity contribution in [3.05, 3.63) is 23.8 Å². The monoisotopic (exact) mass is 231 g/mol. The average molecular weight is 231 g/mol. The van der Waals surface area contributed by atoms with Crippen molar-refractivity contribution < 1.29 is 22.2 Å². The first kappa shape index (κ1) is 11.1. The normalized spacial score (nSPS) is 14.2. The van der Waals surface area contributed by atoms with Gasteiger partial charge in [0.2, 0.25) is 0 Å². The second kappa shape index (κ2) is 4.49. The molecule has 0 amide bonds. The van der Waals surface area contributed by atoms with Gasteiger partial charge >= 0.3 is 0 Å². The number of phenolic OH excluding ortho intramolecular Hbond substituents is 1. The molecule has 0 spiro atoms. The number of rotatable bonds is 1. The molecule has 0 aromatic heterocycles. The largest absolute Gasteiger partial charge is 0.505 e. The molecular weight excluding hydrogens is 219 g/mol. The summed E-state index contributed by atoms with van der Waals surface area (Å²) in [6, 6.07) is 5.70. The number of anilines is 1. The van der Waals surface area contributed by atoms with Crippen LogP contribution >= 0.6 is 0 Å². The van der Waals surface area contributed by atoms with Gasteiger partial charge in [-0.2, -0.15) is 5.10 Å². The predicted octanol–water partition coefficient (Wildman–Crippen LogP) is 1.89. The van der Waals surface area contributed by atoms with E-state index in [0.29, 0.717) is 5.75 Å². The quantitative estimate of drug-likeness (QED) is 0.749. The Morgan fingerprint density at radius 1 is 1.43 bits per heavy atom. The van der Waals surface area contributed by atoms with E-state index in [-0.39, 0.29) is 17.1 Å². The van der Waals surface area contributed by atoms with Crippen molar-refractivity contribution in [2.75, 3.05) is 11.6 Å². The minimum Gasteiger partial charge on any atom is -0.505 e. The van der Waals surface area contributed by atoms with Gasteiger partial charge < -0.3 is 5.11 Å². The third-order valence-corrected chi connectivity index (χ3v) is 2.19. The zero-order valence-corrected chi connectivity index (χ0v) is 9.12. The number of nitrogens with zero attached hydrogens (tertiary/aromatic N) is 2. The van der Waals surface area contributed by atoms with Crippen molar-refractivity contribution in [2.24, 2.45) is 5.10 Å². The van der Waals surface area contributed by atoms with Crippen molar-refractivity contribution in [3.8, 4) is 5.75 Å². The Bertz CT molecular complexity index is 352. The number of benzene rings is 1. The zero-order valence-electron chi connectivity index (χ0n) is 7.94. The number of hydrogen-bond acceptors (Lipinski definition) is 3. The number of phenols is 1. The van der Waals surface area contributed by atoms with E-state index in [1.807, 2.05) is 36.3 Å². The first-order valence-corrected chi connectivity index (χ1v) is 4.37. The van der Waals surface area contributed by atoms with Gasteiger partial charge in [0.1, 0.15) is 11.4 Å². The Balaban J connectivity index is 0.000000980. The van der Waals surface area contributed by atoms with Crippen molar-refractivity contribution in [2.45, 2.75) is 13.3 Å². The molecule has 75 valence electrons. The summed E-state index contributed by atoms with van der Waals surface area (Å²) >= 11 is 0. The van der Waals surface area contributed by atoms with Crippen LogP contribution < -0.4 is 5.01 Å². The molecular formula is C10H12MnN2O. The van der Waals surface area contributed by atoms with Gasteiger partial charge in [0, 0.05) is 36.2 Å². The summed E-state index contributed by atoms with van der Waals surface area (Å²) < 4.78 is 0. The summed E-state index contributed by atoms with van der Waals surface area (Å²) in [6.45, 7) is 2.75. The van der Waals surface area contributed by atoms with Crippen LogP contribution in [0.2, 0.25) is 0 Å². The van der Waals surface area contributed by atoms with Gasteiger partial charge in [-0.25, -0.2) is 0 Å². The van der Waals surface area contributed by atoms with Crippen LogP contribution in [0.5, 0.6) is 5.75 Å². The Labute approximate surface area is 93.9 Å². The molecule has 1 aliphatic rings. The van der Waals surface area contributed by atoms with E-state index in [1.54, 1.807) is 0 Å². The molecule has 0 saturated carbocycles. The molecule has 0 aliphatic carbocycles. The van der Waals surface area contributed by atoms with Gasteiger partial charge in [-0.3, -0.25) is 5.01 Å². The molecule has 1 aromatic rings. The number of hydrazone groups is 1. The van der Waals surface area contributed by atoms with Crippen molar-refractivity contribution >= 4 is 11.9 Å². The van der Waals surface area contributed by atoms with E-state index in [1.165, 1.54) is 0 Å². The third-order valence-electron chi connectivity index (χ3n) is 2.19. The molecule has 0 fully saturated rings. The molecule has 1 aromatic carbocycles. The summed E-state index contributed by atoms with van der Waals surface area (Å²) in [5.41, 5.74) is 1.69. The third kappa shape index (κ3) is 1.91. The van der Waals surface area contributed by atoms with Crippen molar-refractivity contribution in [1.82, 2.24) is 0 Å². The number of hydrogen-bond donors (Lipinski definition) is 1.